The van der Waals surface area contributed by atoms with E-state index in [2.05, 4.69) is 24.1 Å². The van der Waals surface area contributed by atoms with Gasteiger partial charge in [-0.1, -0.05) is 19.9 Å². The van der Waals surface area contributed by atoms with Crippen LogP contribution in [0.25, 0.3) is 0 Å². The van der Waals surface area contributed by atoms with E-state index in [0.29, 0.717) is 5.92 Å². The highest BCUT2D eigenvalue weighted by molar-refractivity contribution is 5.02. The Morgan fingerprint density at radius 2 is 2.20 bits per heavy atom. The molecular weight excluding hydrogens is 186 g/mol. The van der Waals surface area contributed by atoms with E-state index in [1.165, 1.54) is 0 Å². The SMILES string of the molecule is CC(C)CC(N)CNCc1ccccn1. The second-order valence-corrected chi connectivity index (χ2v) is 4.34. The molecule has 0 bridgehead atoms. The molecule has 84 valence electrons. The number of hydrogen-bond acceptors (Lipinski definition) is 3. The van der Waals surface area contributed by atoms with E-state index in [1.807, 2.05) is 24.4 Å². The van der Waals surface area contributed by atoms with E-state index in [9.17, 15) is 0 Å². The van der Waals surface area contributed by atoms with Gasteiger partial charge in [0.1, 0.15) is 0 Å². The zero-order valence-corrected chi connectivity index (χ0v) is 9.61. The second kappa shape index (κ2) is 6.53. The Kier molecular flexibility index (Phi) is 5.29. The molecule has 1 heterocycles. The third-order valence-corrected chi connectivity index (χ3v) is 2.21. The topological polar surface area (TPSA) is 50.9 Å². The monoisotopic (exact) mass is 207 g/mol. The van der Waals surface area contributed by atoms with Gasteiger partial charge in [-0.25, -0.2) is 0 Å². The Balaban J connectivity index is 2.16. The van der Waals surface area contributed by atoms with Crippen molar-refractivity contribution in [2.75, 3.05) is 6.54 Å². The molecule has 1 unspecified atom stereocenters. The quantitative estimate of drug-likeness (QED) is 0.744. The lowest BCUT2D eigenvalue weighted by atomic mass is 10.0. The van der Waals surface area contributed by atoms with Gasteiger partial charge in [-0.15, -0.1) is 0 Å². The molecule has 0 fully saturated rings. The van der Waals surface area contributed by atoms with Gasteiger partial charge in [0.05, 0.1) is 5.69 Å². The first-order valence-electron chi connectivity index (χ1n) is 5.54. The molecule has 0 saturated carbocycles. The average Bonchev–Trinajstić information content (AvgIpc) is 2.18. The maximum atomic E-state index is 5.96. The summed E-state index contributed by atoms with van der Waals surface area (Å²) >= 11 is 0. The summed E-state index contributed by atoms with van der Waals surface area (Å²) in [6.07, 6.45) is 2.88. The fraction of sp³-hybridized carbons (Fsp3) is 0.583. The standard InChI is InChI=1S/C12H21N3/c1-10(2)7-11(13)8-14-9-12-5-3-4-6-15-12/h3-6,10-11,14H,7-9,13H2,1-2H3. The highest BCUT2D eigenvalue weighted by atomic mass is 14.9. The van der Waals surface area contributed by atoms with Gasteiger partial charge >= 0.3 is 0 Å². The number of pyridine rings is 1. The highest BCUT2D eigenvalue weighted by Crippen LogP contribution is 2.01. The van der Waals surface area contributed by atoms with Crippen molar-refractivity contribution >= 4 is 0 Å². The molecule has 0 spiro atoms. The minimum atomic E-state index is 0.244. The van der Waals surface area contributed by atoms with E-state index in [1.54, 1.807) is 0 Å². The van der Waals surface area contributed by atoms with Crippen LogP contribution >= 0.6 is 0 Å². The zero-order valence-electron chi connectivity index (χ0n) is 9.61. The van der Waals surface area contributed by atoms with E-state index < -0.39 is 0 Å². The van der Waals surface area contributed by atoms with Gasteiger partial charge < -0.3 is 11.1 Å². The lowest BCUT2D eigenvalue weighted by molar-refractivity contribution is 0.466. The molecule has 3 N–H and O–H groups in total. The maximum Gasteiger partial charge on any atom is 0.0541 e. The summed E-state index contributed by atoms with van der Waals surface area (Å²) in [5.41, 5.74) is 7.02. The largest absolute Gasteiger partial charge is 0.327 e. The summed E-state index contributed by atoms with van der Waals surface area (Å²) in [4.78, 5) is 4.23. The molecule has 3 heteroatoms. The van der Waals surface area contributed by atoms with Gasteiger partial charge in [-0.2, -0.15) is 0 Å². The summed E-state index contributed by atoms with van der Waals surface area (Å²) in [6.45, 7) is 6.04. The molecule has 15 heavy (non-hydrogen) atoms. The molecule has 0 aliphatic carbocycles. The zero-order chi connectivity index (χ0) is 11.1. The summed E-state index contributed by atoms with van der Waals surface area (Å²) in [5.74, 6) is 0.664. The van der Waals surface area contributed by atoms with Crippen LogP contribution < -0.4 is 11.1 Å². The van der Waals surface area contributed by atoms with Crippen LogP contribution in [0.2, 0.25) is 0 Å². The van der Waals surface area contributed by atoms with Crippen molar-refractivity contribution in [3.63, 3.8) is 0 Å². The first kappa shape index (κ1) is 12.1. The fourth-order valence-corrected chi connectivity index (χ4v) is 1.58. The number of nitrogens with zero attached hydrogens (tertiary/aromatic N) is 1. The summed E-state index contributed by atoms with van der Waals surface area (Å²) in [7, 11) is 0. The number of aromatic nitrogens is 1. The summed E-state index contributed by atoms with van der Waals surface area (Å²) in [5, 5.41) is 3.32. The van der Waals surface area contributed by atoms with Crippen LogP contribution in [-0.4, -0.2) is 17.6 Å². The molecule has 1 rings (SSSR count). The predicted octanol–water partition coefficient (Wildman–Crippen LogP) is 1.54. The molecule has 1 aromatic rings. The molecule has 0 aromatic carbocycles. The maximum absolute atomic E-state index is 5.96. The van der Waals surface area contributed by atoms with E-state index in [4.69, 9.17) is 5.73 Å². The van der Waals surface area contributed by atoms with Crippen molar-refractivity contribution in [3.8, 4) is 0 Å². The van der Waals surface area contributed by atoms with Crippen LogP contribution in [0, 0.1) is 5.92 Å². The van der Waals surface area contributed by atoms with Crippen molar-refractivity contribution in [1.29, 1.82) is 0 Å². The molecule has 0 amide bonds. The normalized spacial score (nSPS) is 13.1. The van der Waals surface area contributed by atoms with E-state index in [-0.39, 0.29) is 6.04 Å². The molecule has 0 aliphatic rings. The minimum absolute atomic E-state index is 0.244. The molecule has 0 saturated heterocycles. The van der Waals surface area contributed by atoms with Gasteiger partial charge in [0.2, 0.25) is 0 Å². The number of nitrogens with two attached hydrogens (primary N) is 1. The van der Waals surface area contributed by atoms with E-state index in [0.717, 1.165) is 25.2 Å². The Morgan fingerprint density at radius 3 is 2.80 bits per heavy atom. The van der Waals surface area contributed by atoms with Crippen LogP contribution in [-0.2, 0) is 6.54 Å². The van der Waals surface area contributed by atoms with Crippen LogP contribution in [0.1, 0.15) is 26.0 Å². The van der Waals surface area contributed by atoms with Gasteiger partial charge in [-0.05, 0) is 24.5 Å². The average molecular weight is 207 g/mol. The lowest BCUT2D eigenvalue weighted by Gasteiger charge is -2.14. The third-order valence-electron chi connectivity index (χ3n) is 2.21. The van der Waals surface area contributed by atoms with Crippen LogP contribution in [0.15, 0.2) is 24.4 Å². The molecule has 0 radical (unpaired) electrons. The number of nitrogens with one attached hydrogen (secondary N) is 1. The first-order chi connectivity index (χ1) is 7.18. The van der Waals surface area contributed by atoms with Crippen LogP contribution in [0.4, 0.5) is 0 Å². The fourth-order valence-electron chi connectivity index (χ4n) is 1.58. The van der Waals surface area contributed by atoms with Gasteiger partial charge in [-0.3, -0.25) is 4.98 Å². The van der Waals surface area contributed by atoms with Crippen molar-refractivity contribution in [2.24, 2.45) is 11.7 Å². The third kappa shape index (κ3) is 5.50. The van der Waals surface area contributed by atoms with Crippen LogP contribution in [0.5, 0.6) is 0 Å². The van der Waals surface area contributed by atoms with E-state index >= 15 is 0 Å². The van der Waals surface area contributed by atoms with Crippen LogP contribution in [0.3, 0.4) is 0 Å². The van der Waals surface area contributed by atoms with Gasteiger partial charge in [0.25, 0.3) is 0 Å². The first-order valence-corrected chi connectivity index (χ1v) is 5.54. The number of rotatable bonds is 6. The Morgan fingerprint density at radius 1 is 1.40 bits per heavy atom. The molecular formula is C12H21N3. The minimum Gasteiger partial charge on any atom is -0.327 e. The highest BCUT2D eigenvalue weighted by Gasteiger charge is 2.04. The Bertz CT molecular complexity index is 259. The molecule has 0 aliphatic heterocycles. The van der Waals surface area contributed by atoms with Crippen molar-refractivity contribution in [1.82, 2.24) is 10.3 Å². The Labute approximate surface area is 92.1 Å². The Hall–Kier alpha value is -0.930. The van der Waals surface area contributed by atoms with Gasteiger partial charge in [0.15, 0.2) is 0 Å². The predicted molar refractivity (Wildman–Crippen MR) is 63.4 cm³/mol. The summed E-state index contributed by atoms with van der Waals surface area (Å²) < 4.78 is 0. The van der Waals surface area contributed by atoms with Crippen molar-refractivity contribution < 1.29 is 0 Å². The molecule has 1 aromatic heterocycles. The van der Waals surface area contributed by atoms with Gasteiger partial charge in [0, 0.05) is 25.3 Å². The second-order valence-electron chi connectivity index (χ2n) is 4.34. The lowest BCUT2D eigenvalue weighted by Crippen LogP contribution is -2.34. The summed E-state index contributed by atoms with van der Waals surface area (Å²) in [6, 6.07) is 6.18. The van der Waals surface area contributed by atoms with Crippen molar-refractivity contribution in [3.05, 3.63) is 30.1 Å². The molecule has 1 atom stereocenters. The molecule has 3 nitrogen and oxygen atoms in total. The van der Waals surface area contributed by atoms with Crippen molar-refractivity contribution in [2.45, 2.75) is 32.9 Å². The smallest absolute Gasteiger partial charge is 0.0541 e. The number of hydrogen-bond donors (Lipinski definition) is 2.